The summed E-state index contributed by atoms with van der Waals surface area (Å²) in [6.45, 7) is 8.40. The number of aromatic nitrogens is 3. The maximum atomic E-state index is 14.3. The van der Waals surface area contributed by atoms with E-state index in [1.165, 1.54) is 17.7 Å². The third-order valence-corrected chi connectivity index (χ3v) is 9.47. The monoisotopic (exact) mass is 765 g/mol. The quantitative estimate of drug-likeness (QED) is 0.121. The predicted octanol–water partition coefficient (Wildman–Crippen LogP) is 9.63. The minimum Gasteiger partial charge on any atom is -0.466 e. The van der Waals surface area contributed by atoms with Crippen LogP contribution in [0.25, 0.3) is 44.9 Å². The third-order valence-electron chi connectivity index (χ3n) is 9.47. The fraction of sp³-hybridized carbons (Fsp3) is 0.217. The molecule has 3 aromatic heterocycles. The number of benzene rings is 4. The number of rotatable bonds is 12. The van der Waals surface area contributed by atoms with Gasteiger partial charge in [0.1, 0.15) is 11.9 Å². The lowest BCUT2D eigenvalue weighted by atomic mass is 10.1. The van der Waals surface area contributed by atoms with Crippen LogP contribution in [0.1, 0.15) is 54.8 Å². The molecule has 290 valence electrons. The summed E-state index contributed by atoms with van der Waals surface area (Å²) in [5.74, 6) is -0.658. The van der Waals surface area contributed by atoms with Crippen molar-refractivity contribution in [1.82, 2.24) is 14.3 Å². The number of carbonyl (C=O) groups is 2. The summed E-state index contributed by atoms with van der Waals surface area (Å²) in [4.78, 5) is 23.7. The van der Waals surface area contributed by atoms with Crippen LogP contribution < -0.4 is 5.73 Å². The highest BCUT2D eigenvalue weighted by Crippen LogP contribution is 2.32. The van der Waals surface area contributed by atoms with Gasteiger partial charge in [-0.3, -0.25) is 9.59 Å². The summed E-state index contributed by atoms with van der Waals surface area (Å²) in [5.41, 5.74) is 16.3. The predicted molar refractivity (Wildman–Crippen MR) is 218 cm³/mol. The Balaban J connectivity index is 0.000000193. The molecular formula is C46H44FN5O5. The number of nitrogen functional groups attached to an aromatic ring is 1. The number of nitriles is 1. The van der Waals surface area contributed by atoms with Crippen LogP contribution >= 0.6 is 0 Å². The lowest BCUT2D eigenvalue weighted by molar-refractivity contribution is -0.144. The Kier molecular flexibility index (Phi) is 12.6. The molecule has 7 aromatic rings. The minimum atomic E-state index is -0.570. The molecule has 57 heavy (non-hydrogen) atoms. The molecule has 0 aliphatic carbocycles. The number of ether oxygens (including phenoxy) is 2. The van der Waals surface area contributed by atoms with Crippen LogP contribution in [0.5, 0.6) is 0 Å². The fourth-order valence-corrected chi connectivity index (χ4v) is 6.60. The first-order valence-corrected chi connectivity index (χ1v) is 18.8. The molecule has 2 N–H and O–H groups in total. The average Bonchev–Trinajstić information content (AvgIpc) is 3.94. The first-order valence-electron chi connectivity index (χ1n) is 18.8. The molecule has 0 amide bonds. The Hall–Kier alpha value is -6.93. The Labute approximate surface area is 330 Å². The number of carbonyl (C=O) groups excluding carboxylic acids is 2. The van der Waals surface area contributed by atoms with Crippen molar-refractivity contribution in [2.75, 3.05) is 18.9 Å². The number of aryl methyl sites for hydroxylation is 4. The molecule has 7 rings (SSSR count). The fourth-order valence-electron chi connectivity index (χ4n) is 6.60. The van der Waals surface area contributed by atoms with Crippen molar-refractivity contribution in [3.05, 3.63) is 143 Å². The largest absolute Gasteiger partial charge is 0.466 e. The van der Waals surface area contributed by atoms with E-state index in [4.69, 9.17) is 25.0 Å². The highest BCUT2D eigenvalue weighted by Gasteiger charge is 2.17. The van der Waals surface area contributed by atoms with Gasteiger partial charge in [-0.15, -0.1) is 0 Å². The van der Waals surface area contributed by atoms with Gasteiger partial charge in [0, 0.05) is 28.8 Å². The van der Waals surface area contributed by atoms with E-state index in [-0.39, 0.29) is 23.9 Å². The van der Waals surface area contributed by atoms with E-state index >= 15 is 0 Å². The van der Waals surface area contributed by atoms with E-state index in [1.54, 1.807) is 13.0 Å². The minimum absolute atomic E-state index is 0.000801. The first-order chi connectivity index (χ1) is 27.6. The number of esters is 2. The van der Waals surface area contributed by atoms with Crippen molar-refractivity contribution >= 4 is 28.7 Å². The van der Waals surface area contributed by atoms with E-state index in [2.05, 4.69) is 47.0 Å². The molecule has 0 atom stereocenters. The average molecular weight is 766 g/mol. The zero-order valence-corrected chi connectivity index (χ0v) is 32.4. The molecule has 11 heteroatoms. The summed E-state index contributed by atoms with van der Waals surface area (Å²) in [6.07, 6.45) is 1.60. The standard InChI is InChI=1S/C23H21FN2O2.C23H23N3O3/c1-3-28-23(27)13-11-19-10-12-22(17-6-4-16(2)5-7-17)26(19)20-9-8-18(15-25)21(24)14-20;1-3-28-22(27)13-10-17-9-12-20(16-6-4-15(2)5-7-16)26(17)18-8-11-19-21(14-18)29-25-23(19)24/h4-10,12,14H,3,11,13H2,1-2H3;4-9,11-12,14H,3,10,13H2,1-2H3,(H2,24,25). The molecule has 4 aromatic carbocycles. The van der Waals surface area contributed by atoms with Crippen LogP contribution in [-0.4, -0.2) is 39.4 Å². The number of hydrogen-bond acceptors (Lipinski definition) is 8. The van der Waals surface area contributed by atoms with Gasteiger partial charge in [-0.05, 0) is 106 Å². The molecule has 10 nitrogen and oxygen atoms in total. The smallest absolute Gasteiger partial charge is 0.306 e. The van der Waals surface area contributed by atoms with Crippen LogP contribution in [-0.2, 0) is 31.9 Å². The molecular weight excluding hydrogens is 722 g/mol. The number of nitrogens with two attached hydrogens (primary N) is 1. The number of anilines is 1. The van der Waals surface area contributed by atoms with Gasteiger partial charge in [0.15, 0.2) is 11.4 Å². The lowest BCUT2D eigenvalue weighted by Crippen LogP contribution is -2.08. The van der Waals surface area contributed by atoms with Crippen molar-refractivity contribution in [3.63, 3.8) is 0 Å². The van der Waals surface area contributed by atoms with Gasteiger partial charge in [-0.1, -0.05) is 64.8 Å². The highest BCUT2D eigenvalue weighted by atomic mass is 19.1. The van der Waals surface area contributed by atoms with Crippen molar-refractivity contribution in [3.8, 4) is 40.0 Å². The summed E-state index contributed by atoms with van der Waals surface area (Å²) in [5, 5.41) is 13.6. The van der Waals surface area contributed by atoms with E-state index in [1.807, 2.05) is 85.1 Å². The molecule has 0 spiro atoms. The zero-order valence-electron chi connectivity index (χ0n) is 32.4. The van der Waals surface area contributed by atoms with Gasteiger partial charge in [-0.25, -0.2) is 4.39 Å². The van der Waals surface area contributed by atoms with Crippen LogP contribution in [0.3, 0.4) is 0 Å². The molecule has 0 fully saturated rings. The normalized spacial score (nSPS) is 10.8. The van der Waals surface area contributed by atoms with Crippen LogP contribution in [0.4, 0.5) is 10.2 Å². The van der Waals surface area contributed by atoms with Crippen molar-refractivity contribution in [2.45, 2.75) is 53.4 Å². The molecule has 0 saturated heterocycles. The van der Waals surface area contributed by atoms with Crippen LogP contribution in [0.2, 0.25) is 0 Å². The Bertz CT molecular complexity index is 2540. The number of halogens is 1. The molecule has 0 radical (unpaired) electrons. The molecule has 0 unspecified atom stereocenters. The second kappa shape index (κ2) is 18.1. The topological polar surface area (TPSA) is 138 Å². The van der Waals surface area contributed by atoms with Gasteiger partial charge < -0.3 is 28.9 Å². The summed E-state index contributed by atoms with van der Waals surface area (Å²) in [7, 11) is 0. The molecule has 0 bridgehead atoms. The van der Waals surface area contributed by atoms with Gasteiger partial charge in [-0.2, -0.15) is 5.26 Å². The number of fused-ring (bicyclic) bond motifs is 1. The van der Waals surface area contributed by atoms with Gasteiger partial charge in [0.25, 0.3) is 0 Å². The van der Waals surface area contributed by atoms with Crippen molar-refractivity contribution in [1.29, 1.82) is 5.26 Å². The van der Waals surface area contributed by atoms with Crippen molar-refractivity contribution < 1.29 is 28.0 Å². The van der Waals surface area contributed by atoms with E-state index in [9.17, 15) is 14.0 Å². The summed E-state index contributed by atoms with van der Waals surface area (Å²) in [6, 6.07) is 36.6. The maximum absolute atomic E-state index is 14.3. The summed E-state index contributed by atoms with van der Waals surface area (Å²) < 4.78 is 33.8. The Morgan fingerprint density at radius 2 is 1.21 bits per heavy atom. The molecule has 0 saturated carbocycles. The SMILES string of the molecule is CCOC(=O)CCc1ccc(-c2ccc(C)cc2)n1-c1ccc(C#N)c(F)c1.CCOC(=O)CCc1ccc(-c2ccc(C)cc2)n1-c1ccc2c(N)noc2c1. The molecule has 3 heterocycles. The molecule has 0 aliphatic heterocycles. The zero-order chi connectivity index (χ0) is 40.5. The van der Waals surface area contributed by atoms with Gasteiger partial charge >= 0.3 is 11.9 Å². The first kappa shape index (κ1) is 39.8. The highest BCUT2D eigenvalue weighted by molar-refractivity contribution is 5.88. The molecule has 0 aliphatic rings. The van der Waals surface area contributed by atoms with E-state index < -0.39 is 5.82 Å². The van der Waals surface area contributed by atoms with E-state index in [0.29, 0.717) is 49.6 Å². The summed E-state index contributed by atoms with van der Waals surface area (Å²) >= 11 is 0. The maximum Gasteiger partial charge on any atom is 0.306 e. The number of hydrogen-bond donors (Lipinski definition) is 1. The Morgan fingerprint density at radius 1 is 0.719 bits per heavy atom. The lowest BCUT2D eigenvalue weighted by Gasteiger charge is -2.15. The Morgan fingerprint density at radius 3 is 1.68 bits per heavy atom. The van der Waals surface area contributed by atoms with Gasteiger partial charge in [0.05, 0.1) is 48.4 Å². The van der Waals surface area contributed by atoms with E-state index in [0.717, 1.165) is 50.5 Å². The third kappa shape index (κ3) is 9.31. The number of nitrogens with zero attached hydrogens (tertiary/aromatic N) is 4. The van der Waals surface area contributed by atoms with Gasteiger partial charge in [0.2, 0.25) is 0 Å². The van der Waals surface area contributed by atoms with Crippen LogP contribution in [0.15, 0.2) is 114 Å². The second-order valence-electron chi connectivity index (χ2n) is 13.5. The second-order valence-corrected chi connectivity index (χ2v) is 13.5. The van der Waals surface area contributed by atoms with Crippen LogP contribution in [0, 0.1) is 31.0 Å². The van der Waals surface area contributed by atoms with Crippen molar-refractivity contribution in [2.24, 2.45) is 0 Å².